The van der Waals surface area contributed by atoms with Crippen LogP contribution in [0.3, 0.4) is 0 Å². The molecule has 0 saturated carbocycles. The molecule has 0 radical (unpaired) electrons. The minimum Gasteiger partial charge on any atom is -0.481 e. The Morgan fingerprint density at radius 1 is 1.00 bits per heavy atom. The molecule has 0 aliphatic heterocycles. The number of methoxy groups -OCH3 is 1. The van der Waals surface area contributed by atoms with E-state index in [0.29, 0.717) is 5.88 Å². The molecule has 6 heteroatoms. The number of pyridine rings is 1. The van der Waals surface area contributed by atoms with E-state index >= 15 is 0 Å². The van der Waals surface area contributed by atoms with Gasteiger partial charge in [0.15, 0.2) is 0 Å². The van der Waals surface area contributed by atoms with Gasteiger partial charge >= 0.3 is 0 Å². The lowest BCUT2D eigenvalue weighted by Gasteiger charge is -2.11. The molecule has 26 heavy (non-hydrogen) atoms. The molecule has 0 aliphatic carbocycles. The van der Waals surface area contributed by atoms with Crippen LogP contribution in [-0.2, 0) is 0 Å². The van der Waals surface area contributed by atoms with Crippen molar-refractivity contribution in [1.82, 2.24) is 20.1 Å². The van der Waals surface area contributed by atoms with Gasteiger partial charge in [-0.15, -0.1) is 0 Å². The average Bonchev–Trinajstić information content (AvgIpc) is 3.15. The summed E-state index contributed by atoms with van der Waals surface area (Å²) in [5.41, 5.74) is 7.50. The second-order valence-electron chi connectivity index (χ2n) is 6.45. The molecule has 0 amide bonds. The molecule has 6 nitrogen and oxygen atoms in total. The fraction of sp³-hybridized carbons (Fsp3) is 0.250. The highest BCUT2D eigenvalue weighted by Crippen LogP contribution is 2.38. The van der Waals surface area contributed by atoms with Crippen LogP contribution < -0.4 is 4.74 Å². The number of aryl methyl sites for hydroxylation is 4. The number of H-pyrrole nitrogens is 1. The van der Waals surface area contributed by atoms with Crippen LogP contribution in [-0.4, -0.2) is 27.2 Å². The van der Waals surface area contributed by atoms with Crippen LogP contribution in [0.2, 0.25) is 0 Å². The van der Waals surface area contributed by atoms with Gasteiger partial charge in [-0.3, -0.25) is 0 Å². The maximum Gasteiger partial charge on any atom is 0.221 e. The Kier molecular flexibility index (Phi) is 3.76. The standard InChI is InChI=1S/C20H20N4O2/c1-10-6-7-15(20(21-10)25-5)16-8-14(18-11(2)24-26-12(18)3)9-17-19(16)23-13(4)22-17/h6-9H,1-5H3,(H,22,23). The van der Waals surface area contributed by atoms with E-state index in [1.807, 2.05) is 39.8 Å². The van der Waals surface area contributed by atoms with Crippen LogP contribution in [0.5, 0.6) is 5.88 Å². The number of imidazole rings is 1. The van der Waals surface area contributed by atoms with Crippen molar-refractivity contribution < 1.29 is 9.26 Å². The molecule has 3 heterocycles. The summed E-state index contributed by atoms with van der Waals surface area (Å²) in [7, 11) is 1.64. The molecule has 0 bridgehead atoms. The molecule has 0 aliphatic rings. The van der Waals surface area contributed by atoms with E-state index < -0.39 is 0 Å². The summed E-state index contributed by atoms with van der Waals surface area (Å²) in [5, 5.41) is 4.09. The minimum absolute atomic E-state index is 0.586. The van der Waals surface area contributed by atoms with Gasteiger partial charge in [-0.2, -0.15) is 0 Å². The second-order valence-corrected chi connectivity index (χ2v) is 6.45. The van der Waals surface area contributed by atoms with Gasteiger partial charge in [-0.1, -0.05) is 5.16 Å². The van der Waals surface area contributed by atoms with Crippen LogP contribution in [0.15, 0.2) is 28.8 Å². The summed E-state index contributed by atoms with van der Waals surface area (Å²) >= 11 is 0. The predicted molar refractivity (Wildman–Crippen MR) is 100 cm³/mol. The SMILES string of the molecule is COc1nc(C)ccc1-c1cc(-c2c(C)noc2C)cc2[nH]c(C)nc12. The number of rotatable bonds is 3. The lowest BCUT2D eigenvalue weighted by atomic mass is 9.97. The molecule has 4 rings (SSSR count). The molecule has 0 fully saturated rings. The quantitative estimate of drug-likeness (QED) is 0.589. The van der Waals surface area contributed by atoms with Crippen LogP contribution in [0.4, 0.5) is 0 Å². The van der Waals surface area contributed by atoms with E-state index in [1.165, 1.54) is 0 Å². The molecule has 1 aromatic carbocycles. The number of aromatic amines is 1. The fourth-order valence-corrected chi connectivity index (χ4v) is 3.38. The third-order valence-electron chi connectivity index (χ3n) is 4.51. The zero-order valence-corrected chi connectivity index (χ0v) is 15.5. The molecular formula is C20H20N4O2. The summed E-state index contributed by atoms with van der Waals surface area (Å²) in [4.78, 5) is 12.5. The lowest BCUT2D eigenvalue weighted by molar-refractivity contribution is 0.393. The highest BCUT2D eigenvalue weighted by molar-refractivity contribution is 5.97. The number of nitrogens with one attached hydrogen (secondary N) is 1. The fourth-order valence-electron chi connectivity index (χ4n) is 3.38. The van der Waals surface area contributed by atoms with Crippen LogP contribution in [0.25, 0.3) is 33.3 Å². The second kappa shape index (κ2) is 5.98. The Morgan fingerprint density at radius 3 is 2.50 bits per heavy atom. The third-order valence-corrected chi connectivity index (χ3v) is 4.51. The van der Waals surface area contributed by atoms with E-state index in [-0.39, 0.29) is 0 Å². The molecule has 0 unspecified atom stereocenters. The number of nitrogens with zero attached hydrogens (tertiary/aromatic N) is 3. The van der Waals surface area contributed by atoms with E-state index in [0.717, 1.165) is 56.3 Å². The first-order valence-corrected chi connectivity index (χ1v) is 8.43. The molecule has 132 valence electrons. The monoisotopic (exact) mass is 348 g/mol. The zero-order chi connectivity index (χ0) is 18.4. The maximum atomic E-state index is 5.53. The van der Waals surface area contributed by atoms with Gasteiger partial charge in [-0.05, 0) is 57.5 Å². The Morgan fingerprint density at radius 2 is 1.81 bits per heavy atom. The molecule has 4 aromatic rings. The molecule has 0 spiro atoms. The Bertz CT molecular complexity index is 1100. The summed E-state index contributed by atoms with van der Waals surface area (Å²) in [5.74, 6) is 2.23. The van der Waals surface area contributed by atoms with Crippen LogP contribution in [0.1, 0.15) is 23.0 Å². The van der Waals surface area contributed by atoms with Gasteiger partial charge in [-0.25, -0.2) is 9.97 Å². The van der Waals surface area contributed by atoms with Gasteiger partial charge in [0, 0.05) is 22.4 Å². The molecule has 0 saturated heterocycles. The van der Waals surface area contributed by atoms with Crippen LogP contribution >= 0.6 is 0 Å². The largest absolute Gasteiger partial charge is 0.481 e. The van der Waals surface area contributed by atoms with Crippen molar-refractivity contribution in [2.24, 2.45) is 0 Å². The summed E-state index contributed by atoms with van der Waals surface area (Å²) in [6, 6.07) is 8.19. The summed E-state index contributed by atoms with van der Waals surface area (Å²) in [6.07, 6.45) is 0. The Balaban J connectivity index is 2.06. The lowest BCUT2D eigenvalue weighted by Crippen LogP contribution is -1.95. The minimum atomic E-state index is 0.586. The highest BCUT2D eigenvalue weighted by atomic mass is 16.5. The number of hydrogen-bond acceptors (Lipinski definition) is 5. The van der Waals surface area contributed by atoms with Crippen molar-refractivity contribution in [2.75, 3.05) is 7.11 Å². The molecule has 1 N–H and O–H groups in total. The normalized spacial score (nSPS) is 11.3. The first-order valence-electron chi connectivity index (χ1n) is 8.43. The van der Waals surface area contributed by atoms with Crippen molar-refractivity contribution in [3.8, 4) is 28.1 Å². The topological polar surface area (TPSA) is 76.8 Å². The highest BCUT2D eigenvalue weighted by Gasteiger charge is 2.19. The Hall–Kier alpha value is -3.15. The Labute approximate surface area is 151 Å². The third kappa shape index (κ3) is 2.54. The van der Waals surface area contributed by atoms with Crippen LogP contribution in [0, 0.1) is 27.7 Å². The number of aromatic nitrogens is 4. The van der Waals surface area contributed by atoms with Gasteiger partial charge in [0.2, 0.25) is 5.88 Å². The number of ether oxygens (including phenoxy) is 1. The first-order chi connectivity index (χ1) is 12.5. The van der Waals surface area contributed by atoms with Crippen molar-refractivity contribution in [1.29, 1.82) is 0 Å². The number of hydrogen-bond donors (Lipinski definition) is 1. The molecule has 0 atom stereocenters. The average molecular weight is 348 g/mol. The van der Waals surface area contributed by atoms with E-state index in [2.05, 4.69) is 32.2 Å². The predicted octanol–water partition coefficient (Wildman–Crippen LogP) is 4.52. The van der Waals surface area contributed by atoms with Crippen molar-refractivity contribution >= 4 is 11.0 Å². The summed E-state index contributed by atoms with van der Waals surface area (Å²) in [6.45, 7) is 7.76. The van der Waals surface area contributed by atoms with E-state index in [4.69, 9.17) is 9.26 Å². The maximum absolute atomic E-state index is 5.53. The zero-order valence-electron chi connectivity index (χ0n) is 15.5. The van der Waals surface area contributed by atoms with Gasteiger partial charge in [0.25, 0.3) is 0 Å². The smallest absolute Gasteiger partial charge is 0.221 e. The van der Waals surface area contributed by atoms with E-state index in [9.17, 15) is 0 Å². The number of fused-ring (bicyclic) bond motifs is 1. The summed E-state index contributed by atoms with van der Waals surface area (Å²) < 4.78 is 10.9. The molecule has 3 aromatic heterocycles. The first kappa shape index (κ1) is 16.3. The van der Waals surface area contributed by atoms with Gasteiger partial charge in [0.05, 0.1) is 23.8 Å². The van der Waals surface area contributed by atoms with E-state index in [1.54, 1.807) is 7.11 Å². The van der Waals surface area contributed by atoms with Gasteiger partial charge in [0.1, 0.15) is 11.6 Å². The van der Waals surface area contributed by atoms with Crippen molar-refractivity contribution in [3.63, 3.8) is 0 Å². The van der Waals surface area contributed by atoms with Gasteiger partial charge < -0.3 is 14.2 Å². The van der Waals surface area contributed by atoms with Crippen molar-refractivity contribution in [2.45, 2.75) is 27.7 Å². The molecular weight excluding hydrogens is 328 g/mol. The van der Waals surface area contributed by atoms with Crippen molar-refractivity contribution in [3.05, 3.63) is 47.2 Å². The number of benzene rings is 1.